The second kappa shape index (κ2) is 57.1. The first-order valence-corrected chi connectivity index (χ1v) is 30.9. The Morgan fingerprint density at radius 3 is 1.00 bits per heavy atom. The maximum absolute atomic E-state index is 12.9. The molecule has 0 saturated heterocycles. The number of aliphatic hydroxyl groups excluding tert-OH is 1. The number of hydrogen-bond acceptors (Lipinski definition) is 10. The minimum absolute atomic E-state index is 0.0672. The number of carbonyl (C=O) groups excluding carboxylic acids is 3. The summed E-state index contributed by atoms with van der Waals surface area (Å²) in [6.07, 6.45) is 70.8. The highest BCUT2D eigenvalue weighted by atomic mass is 31.2. The van der Waals surface area contributed by atoms with Crippen LogP contribution >= 0.6 is 7.82 Å². The van der Waals surface area contributed by atoms with Gasteiger partial charge in [-0.25, -0.2) is 4.57 Å². The number of unbranched alkanes of at least 4 members (excludes halogenated alkanes) is 18. The van der Waals surface area contributed by atoms with E-state index < -0.39 is 57.8 Å². The third-order valence-corrected chi connectivity index (χ3v) is 12.9. The van der Waals surface area contributed by atoms with Gasteiger partial charge in [-0.2, -0.15) is 0 Å². The third-order valence-electron chi connectivity index (χ3n) is 11.9. The summed E-state index contributed by atoms with van der Waals surface area (Å²) in [7, 11) is -4.80. The number of carbonyl (C=O) groups is 3. The highest BCUT2D eigenvalue weighted by Crippen LogP contribution is 2.43. The average molecular weight is 1080 g/mol. The molecular weight excluding hydrogens is 976 g/mol. The SMILES string of the molecule is CC/C=C\C/C=C\C/C=C\C/C=C\C/C=C\CC(=O)OC(CO)COP(=O)(O)OCC(COC(=O)CCCCCCCCCCCCCCCCCCCCC)OC(=O)C/C=C\C/C=C\C/C=C\C/C=C\C/C=C\CC. The van der Waals surface area contributed by atoms with Crippen molar-refractivity contribution in [1.82, 2.24) is 0 Å². The molecular formula is C64H105O11P. The summed E-state index contributed by atoms with van der Waals surface area (Å²) in [6.45, 7) is 4.20. The zero-order chi connectivity index (χ0) is 55.5. The van der Waals surface area contributed by atoms with E-state index in [2.05, 4.69) is 93.7 Å². The molecule has 2 N–H and O–H groups in total. The van der Waals surface area contributed by atoms with E-state index in [0.29, 0.717) is 19.3 Å². The smallest absolute Gasteiger partial charge is 0.462 e. The van der Waals surface area contributed by atoms with E-state index in [1.807, 2.05) is 36.5 Å². The first-order valence-electron chi connectivity index (χ1n) is 29.4. The van der Waals surface area contributed by atoms with Crippen LogP contribution in [0.15, 0.2) is 122 Å². The van der Waals surface area contributed by atoms with Crippen LogP contribution in [-0.4, -0.2) is 66.5 Å². The lowest BCUT2D eigenvalue weighted by atomic mass is 10.0. The van der Waals surface area contributed by atoms with Gasteiger partial charge in [-0.3, -0.25) is 23.4 Å². The highest BCUT2D eigenvalue weighted by Gasteiger charge is 2.28. The molecule has 0 fully saturated rings. The standard InChI is InChI=1S/C64H105O11P/c1-4-7-10-13-16-19-22-25-28-29-30-31-34-35-38-41-44-47-50-53-62(66)71-57-61(75-64(68)55-52-49-46-43-40-37-33-27-24-21-18-15-12-9-6-3)59-73-76(69,70)72-58-60(56-65)74-63(67)54-51-48-45-42-39-36-32-26-23-20-17-14-11-8-5-2/h8-9,11-12,17-18,20-21,26-27,32-33,39-40,42-43,48-49,51-52,60-61,65H,4-7,10,13-16,19,22-25,28-31,34-38,41,44-47,50,53-59H2,1-3H3,(H,69,70)/b11-8-,12-9-,20-17-,21-18-,32-26-,33-27-,42-39-,43-40-,51-48-,52-49-. The van der Waals surface area contributed by atoms with E-state index in [1.54, 1.807) is 12.2 Å². The van der Waals surface area contributed by atoms with Crippen molar-refractivity contribution < 1.29 is 52.2 Å². The Morgan fingerprint density at radius 2 is 0.671 bits per heavy atom. The minimum atomic E-state index is -4.80. The number of rotatable bonds is 53. The fourth-order valence-corrected chi connectivity index (χ4v) is 8.35. The van der Waals surface area contributed by atoms with Gasteiger partial charge in [-0.1, -0.05) is 258 Å². The Kier molecular flexibility index (Phi) is 54.0. The van der Waals surface area contributed by atoms with Gasteiger partial charge in [0.2, 0.25) is 0 Å². The van der Waals surface area contributed by atoms with E-state index in [4.69, 9.17) is 23.3 Å². The summed E-state index contributed by atoms with van der Waals surface area (Å²) >= 11 is 0. The topological polar surface area (TPSA) is 155 Å². The highest BCUT2D eigenvalue weighted by molar-refractivity contribution is 7.47. The lowest BCUT2D eigenvalue weighted by molar-refractivity contribution is -0.160. The molecule has 11 nitrogen and oxygen atoms in total. The quantitative estimate of drug-likeness (QED) is 0.0197. The molecule has 3 unspecified atom stereocenters. The predicted molar refractivity (Wildman–Crippen MR) is 316 cm³/mol. The molecule has 0 radical (unpaired) electrons. The van der Waals surface area contributed by atoms with Gasteiger partial charge in [0.25, 0.3) is 0 Å². The summed E-state index contributed by atoms with van der Waals surface area (Å²) in [5.74, 6) is -1.76. The van der Waals surface area contributed by atoms with Crippen LogP contribution in [0.2, 0.25) is 0 Å². The molecule has 0 heterocycles. The van der Waals surface area contributed by atoms with E-state index in [0.717, 1.165) is 70.6 Å². The van der Waals surface area contributed by atoms with Crippen LogP contribution in [0.3, 0.4) is 0 Å². The van der Waals surface area contributed by atoms with Gasteiger partial charge >= 0.3 is 25.7 Å². The monoisotopic (exact) mass is 1080 g/mol. The van der Waals surface area contributed by atoms with Gasteiger partial charge < -0.3 is 24.2 Å². The molecule has 0 bridgehead atoms. The molecule has 12 heteroatoms. The van der Waals surface area contributed by atoms with Gasteiger partial charge in [0, 0.05) is 6.42 Å². The summed E-state index contributed by atoms with van der Waals surface area (Å²) < 4.78 is 39.3. The number of hydrogen-bond donors (Lipinski definition) is 2. The van der Waals surface area contributed by atoms with Gasteiger partial charge in [0.05, 0.1) is 32.7 Å². The molecule has 0 aromatic heterocycles. The lowest BCUT2D eigenvalue weighted by Gasteiger charge is -2.21. The number of esters is 3. The molecule has 0 aliphatic rings. The van der Waals surface area contributed by atoms with Crippen molar-refractivity contribution in [3.8, 4) is 0 Å². The summed E-state index contributed by atoms with van der Waals surface area (Å²) in [5.41, 5.74) is 0. The number of aliphatic hydroxyl groups is 1. The fourth-order valence-electron chi connectivity index (χ4n) is 7.57. The molecule has 76 heavy (non-hydrogen) atoms. The summed E-state index contributed by atoms with van der Waals surface area (Å²) in [6, 6.07) is 0. The maximum Gasteiger partial charge on any atom is 0.472 e. The van der Waals surface area contributed by atoms with Crippen LogP contribution in [0.4, 0.5) is 0 Å². The minimum Gasteiger partial charge on any atom is -0.462 e. The van der Waals surface area contributed by atoms with Crippen molar-refractivity contribution in [1.29, 1.82) is 0 Å². The number of allylic oxidation sites excluding steroid dienone is 18. The third kappa shape index (κ3) is 54.7. The van der Waals surface area contributed by atoms with Gasteiger partial charge in [0.15, 0.2) is 6.10 Å². The predicted octanol–water partition coefficient (Wildman–Crippen LogP) is 17.6. The van der Waals surface area contributed by atoms with Crippen LogP contribution in [0.1, 0.15) is 226 Å². The Morgan fingerprint density at radius 1 is 0.382 bits per heavy atom. The van der Waals surface area contributed by atoms with Gasteiger partial charge in [0.1, 0.15) is 12.7 Å². The zero-order valence-electron chi connectivity index (χ0n) is 47.7. The first-order chi connectivity index (χ1) is 37.2. The molecule has 0 aromatic carbocycles. The van der Waals surface area contributed by atoms with E-state index in [-0.39, 0.29) is 25.9 Å². The van der Waals surface area contributed by atoms with Crippen molar-refractivity contribution in [2.75, 3.05) is 26.4 Å². The number of phosphoric ester groups is 1. The zero-order valence-corrected chi connectivity index (χ0v) is 48.6. The van der Waals surface area contributed by atoms with Crippen molar-refractivity contribution in [2.24, 2.45) is 0 Å². The van der Waals surface area contributed by atoms with Gasteiger partial charge in [-0.05, 0) is 70.6 Å². The Labute approximate surface area is 462 Å². The van der Waals surface area contributed by atoms with Crippen molar-refractivity contribution >= 4 is 25.7 Å². The van der Waals surface area contributed by atoms with Crippen molar-refractivity contribution in [3.05, 3.63) is 122 Å². The number of phosphoric acid groups is 1. The number of ether oxygens (including phenoxy) is 3. The van der Waals surface area contributed by atoms with Crippen LogP contribution < -0.4 is 0 Å². The summed E-state index contributed by atoms with van der Waals surface area (Å²) in [4.78, 5) is 48.4. The van der Waals surface area contributed by atoms with E-state index in [1.165, 1.54) is 96.3 Å². The molecule has 3 atom stereocenters. The van der Waals surface area contributed by atoms with Gasteiger partial charge in [-0.15, -0.1) is 0 Å². The molecule has 0 rings (SSSR count). The molecule has 0 saturated carbocycles. The largest absolute Gasteiger partial charge is 0.472 e. The normalized spacial score (nSPS) is 14.2. The second-order valence-corrected chi connectivity index (χ2v) is 20.5. The average Bonchev–Trinajstić information content (AvgIpc) is 3.41. The van der Waals surface area contributed by atoms with E-state index >= 15 is 0 Å². The second-order valence-electron chi connectivity index (χ2n) is 19.1. The van der Waals surface area contributed by atoms with Crippen LogP contribution in [0.5, 0.6) is 0 Å². The molecule has 0 aliphatic carbocycles. The van der Waals surface area contributed by atoms with Crippen molar-refractivity contribution in [2.45, 2.75) is 238 Å². The molecule has 432 valence electrons. The molecule has 0 aliphatic heterocycles. The molecule has 0 amide bonds. The Hall–Kier alpha value is -4.12. The van der Waals surface area contributed by atoms with Crippen LogP contribution in [0, 0.1) is 0 Å². The Bertz CT molecular complexity index is 1740. The summed E-state index contributed by atoms with van der Waals surface area (Å²) in [5, 5.41) is 9.79. The van der Waals surface area contributed by atoms with Crippen LogP contribution in [-0.2, 0) is 42.2 Å². The molecule has 0 spiro atoms. The first kappa shape index (κ1) is 71.9. The van der Waals surface area contributed by atoms with E-state index in [9.17, 15) is 28.9 Å². The van der Waals surface area contributed by atoms with Crippen LogP contribution in [0.25, 0.3) is 0 Å². The fraction of sp³-hybridized carbons (Fsp3) is 0.641. The Balaban J connectivity index is 4.87. The molecule has 0 aromatic rings. The maximum atomic E-state index is 12.9. The lowest BCUT2D eigenvalue weighted by Crippen LogP contribution is -2.30. The van der Waals surface area contributed by atoms with Crippen molar-refractivity contribution in [3.63, 3.8) is 0 Å².